The van der Waals surface area contributed by atoms with Gasteiger partial charge in [-0.15, -0.1) is 0 Å². The fourth-order valence-electron chi connectivity index (χ4n) is 2.80. The van der Waals surface area contributed by atoms with Crippen LogP contribution in [0.3, 0.4) is 0 Å². The summed E-state index contributed by atoms with van der Waals surface area (Å²) in [6.45, 7) is 7.14. The van der Waals surface area contributed by atoms with Gasteiger partial charge in [0.2, 0.25) is 0 Å². The van der Waals surface area contributed by atoms with Crippen LogP contribution in [0.15, 0.2) is 36.5 Å². The van der Waals surface area contributed by atoms with E-state index >= 15 is 0 Å². The van der Waals surface area contributed by atoms with Crippen LogP contribution in [0.5, 0.6) is 0 Å². The molecule has 1 aliphatic rings. The number of carbonyl (C=O) groups is 2. The Balaban J connectivity index is 1.57. The first-order chi connectivity index (χ1) is 13.5. The molecule has 0 aromatic carbocycles. The molecule has 0 atom stereocenters. The van der Waals surface area contributed by atoms with E-state index in [0.29, 0.717) is 19.8 Å². The highest BCUT2D eigenvalue weighted by Gasteiger charge is 2.14. The molecular weight excluding hydrogens is 358 g/mol. The Bertz CT molecular complexity index is 817. The molecule has 1 saturated heterocycles. The fourth-order valence-corrected chi connectivity index (χ4v) is 2.80. The molecule has 3 rings (SSSR count). The maximum Gasteiger partial charge on any atom is 0.270 e. The summed E-state index contributed by atoms with van der Waals surface area (Å²) < 4.78 is 5.35. The van der Waals surface area contributed by atoms with Gasteiger partial charge in [0.05, 0.1) is 13.2 Å². The fraction of sp³-hybridized carbons (Fsp3) is 0.400. The van der Waals surface area contributed by atoms with Gasteiger partial charge in [-0.2, -0.15) is 0 Å². The Morgan fingerprint density at radius 1 is 1.11 bits per heavy atom. The minimum atomic E-state index is -0.337. The monoisotopic (exact) mass is 383 g/mol. The third-order valence-electron chi connectivity index (χ3n) is 4.23. The van der Waals surface area contributed by atoms with Crippen molar-refractivity contribution in [3.63, 3.8) is 0 Å². The molecule has 148 valence electrons. The Labute approximate surface area is 164 Å². The lowest BCUT2D eigenvalue weighted by Crippen LogP contribution is -2.36. The quantitative estimate of drug-likeness (QED) is 0.782. The average molecular weight is 383 g/mol. The van der Waals surface area contributed by atoms with Crippen molar-refractivity contribution in [1.82, 2.24) is 20.6 Å². The molecule has 3 heterocycles. The minimum Gasteiger partial charge on any atom is -0.378 e. The van der Waals surface area contributed by atoms with Crippen LogP contribution in [-0.2, 0) is 11.3 Å². The molecule has 0 unspecified atom stereocenters. The van der Waals surface area contributed by atoms with Crippen molar-refractivity contribution in [3.8, 4) is 0 Å². The average Bonchev–Trinajstić information content (AvgIpc) is 2.72. The van der Waals surface area contributed by atoms with E-state index in [1.807, 2.05) is 26.0 Å². The van der Waals surface area contributed by atoms with Crippen LogP contribution in [0, 0.1) is 0 Å². The summed E-state index contributed by atoms with van der Waals surface area (Å²) in [6, 6.07) is 8.71. The number of rotatable bonds is 6. The van der Waals surface area contributed by atoms with E-state index in [0.717, 1.165) is 24.5 Å². The first-order valence-electron chi connectivity index (χ1n) is 9.36. The number of nitrogens with one attached hydrogen (secondary N) is 2. The molecule has 1 aliphatic heterocycles. The molecule has 1 fully saturated rings. The van der Waals surface area contributed by atoms with Crippen molar-refractivity contribution < 1.29 is 14.3 Å². The molecule has 2 N–H and O–H groups in total. The molecule has 2 amide bonds. The lowest BCUT2D eigenvalue weighted by Gasteiger charge is -2.27. The van der Waals surface area contributed by atoms with E-state index in [1.165, 1.54) is 0 Å². The van der Waals surface area contributed by atoms with Gasteiger partial charge in [-0.3, -0.25) is 9.59 Å². The van der Waals surface area contributed by atoms with E-state index in [-0.39, 0.29) is 29.2 Å². The highest BCUT2D eigenvalue weighted by atomic mass is 16.5. The normalized spacial score (nSPS) is 14.0. The van der Waals surface area contributed by atoms with Crippen LogP contribution in [0.25, 0.3) is 0 Å². The highest BCUT2D eigenvalue weighted by Crippen LogP contribution is 2.13. The third kappa shape index (κ3) is 5.26. The SMILES string of the molecule is CC(C)NC(=O)c1cccc(C(=O)NCc2ccc(N3CCOCC3)nc2)n1. The largest absolute Gasteiger partial charge is 0.378 e. The van der Waals surface area contributed by atoms with E-state index in [9.17, 15) is 9.59 Å². The summed E-state index contributed by atoms with van der Waals surface area (Å²) in [5, 5.41) is 5.58. The number of amides is 2. The van der Waals surface area contributed by atoms with Crippen molar-refractivity contribution >= 4 is 17.6 Å². The minimum absolute atomic E-state index is 0.000262. The number of nitrogens with zero attached hydrogens (tertiary/aromatic N) is 3. The van der Waals surface area contributed by atoms with Crippen molar-refractivity contribution in [2.75, 3.05) is 31.2 Å². The zero-order chi connectivity index (χ0) is 19.9. The van der Waals surface area contributed by atoms with Crippen LogP contribution in [-0.4, -0.2) is 54.1 Å². The summed E-state index contributed by atoms with van der Waals surface area (Å²) in [5.41, 5.74) is 1.31. The van der Waals surface area contributed by atoms with Crippen molar-refractivity contribution in [1.29, 1.82) is 0 Å². The number of pyridine rings is 2. The van der Waals surface area contributed by atoms with Crippen molar-refractivity contribution in [2.24, 2.45) is 0 Å². The summed E-state index contributed by atoms with van der Waals surface area (Å²) in [4.78, 5) is 35.2. The Morgan fingerprint density at radius 3 is 2.46 bits per heavy atom. The molecule has 0 spiro atoms. The Morgan fingerprint density at radius 2 is 1.82 bits per heavy atom. The van der Waals surface area contributed by atoms with Gasteiger partial charge in [0, 0.05) is 31.9 Å². The van der Waals surface area contributed by atoms with Crippen molar-refractivity contribution in [3.05, 3.63) is 53.5 Å². The van der Waals surface area contributed by atoms with E-state index < -0.39 is 0 Å². The van der Waals surface area contributed by atoms with Gasteiger partial charge in [-0.05, 0) is 37.6 Å². The van der Waals surface area contributed by atoms with Gasteiger partial charge < -0.3 is 20.3 Å². The Hall–Kier alpha value is -3.00. The first-order valence-corrected chi connectivity index (χ1v) is 9.36. The van der Waals surface area contributed by atoms with Gasteiger partial charge in [0.1, 0.15) is 17.2 Å². The molecule has 0 aliphatic carbocycles. The molecular formula is C20H25N5O3. The van der Waals surface area contributed by atoms with Gasteiger partial charge in [0.15, 0.2) is 0 Å². The van der Waals surface area contributed by atoms with Gasteiger partial charge in [-0.1, -0.05) is 12.1 Å². The maximum atomic E-state index is 12.4. The Kier molecular flexibility index (Phi) is 6.54. The van der Waals surface area contributed by atoms with Crippen molar-refractivity contribution in [2.45, 2.75) is 26.4 Å². The zero-order valence-corrected chi connectivity index (χ0v) is 16.1. The molecule has 8 heteroatoms. The van der Waals surface area contributed by atoms with E-state index in [4.69, 9.17) is 4.74 Å². The number of morpholine rings is 1. The molecule has 0 bridgehead atoms. The molecule has 2 aromatic rings. The topological polar surface area (TPSA) is 96.5 Å². The summed E-state index contributed by atoms with van der Waals surface area (Å²) in [7, 11) is 0. The van der Waals surface area contributed by atoms with Gasteiger partial charge >= 0.3 is 0 Å². The number of aromatic nitrogens is 2. The highest BCUT2D eigenvalue weighted by molar-refractivity contribution is 5.96. The van der Waals surface area contributed by atoms with E-state index in [1.54, 1.807) is 24.4 Å². The van der Waals surface area contributed by atoms with Crippen LogP contribution >= 0.6 is 0 Å². The van der Waals surface area contributed by atoms with Crippen LogP contribution in [0.1, 0.15) is 40.4 Å². The second kappa shape index (κ2) is 9.27. The maximum absolute atomic E-state index is 12.4. The molecule has 0 saturated carbocycles. The molecule has 8 nitrogen and oxygen atoms in total. The second-order valence-electron chi connectivity index (χ2n) is 6.84. The third-order valence-corrected chi connectivity index (χ3v) is 4.23. The number of hydrogen-bond donors (Lipinski definition) is 2. The van der Waals surface area contributed by atoms with Crippen LogP contribution in [0.4, 0.5) is 5.82 Å². The standard InChI is InChI=1S/C20H25N5O3/c1-14(2)23-20(27)17-5-3-4-16(24-17)19(26)22-13-15-6-7-18(21-12-15)25-8-10-28-11-9-25/h3-7,12,14H,8-11,13H2,1-2H3,(H,22,26)(H,23,27). The van der Waals surface area contributed by atoms with Gasteiger partial charge in [-0.25, -0.2) is 9.97 Å². The number of anilines is 1. The predicted molar refractivity (Wildman–Crippen MR) is 105 cm³/mol. The number of ether oxygens (including phenoxy) is 1. The van der Waals surface area contributed by atoms with E-state index in [2.05, 4.69) is 25.5 Å². The van der Waals surface area contributed by atoms with Crippen LogP contribution in [0.2, 0.25) is 0 Å². The summed E-state index contributed by atoms with van der Waals surface area (Å²) >= 11 is 0. The number of hydrogen-bond acceptors (Lipinski definition) is 6. The first kappa shape index (κ1) is 19.8. The smallest absolute Gasteiger partial charge is 0.270 e. The second-order valence-corrected chi connectivity index (χ2v) is 6.84. The predicted octanol–water partition coefficient (Wildman–Crippen LogP) is 1.38. The van der Waals surface area contributed by atoms with Crippen LogP contribution < -0.4 is 15.5 Å². The molecule has 2 aromatic heterocycles. The molecule has 28 heavy (non-hydrogen) atoms. The molecule has 0 radical (unpaired) electrons. The summed E-state index contributed by atoms with van der Waals surface area (Å²) in [6.07, 6.45) is 1.75. The van der Waals surface area contributed by atoms with Gasteiger partial charge in [0.25, 0.3) is 11.8 Å². The zero-order valence-electron chi connectivity index (χ0n) is 16.1. The lowest BCUT2D eigenvalue weighted by atomic mass is 10.2. The lowest BCUT2D eigenvalue weighted by molar-refractivity contribution is 0.0936. The summed E-state index contributed by atoms with van der Waals surface area (Å²) in [5.74, 6) is 0.271. The number of carbonyl (C=O) groups excluding carboxylic acids is 2.